The van der Waals surface area contributed by atoms with Crippen molar-refractivity contribution < 1.29 is 29.0 Å². The van der Waals surface area contributed by atoms with E-state index in [1.165, 1.54) is 0 Å². The van der Waals surface area contributed by atoms with E-state index in [0.29, 0.717) is 5.69 Å². The van der Waals surface area contributed by atoms with Crippen LogP contribution in [0.3, 0.4) is 0 Å². The molecule has 2 heterocycles. The summed E-state index contributed by atoms with van der Waals surface area (Å²) < 4.78 is 5.30. The first-order valence-electron chi connectivity index (χ1n) is 8.94. The molecule has 10 nitrogen and oxygen atoms in total. The second kappa shape index (κ2) is 11.9. The number of carboxylic acid groups (broad SMARTS) is 1. The van der Waals surface area contributed by atoms with E-state index in [2.05, 4.69) is 20.9 Å². The number of nitrogens with one attached hydrogen (secondary N) is 3. The van der Waals surface area contributed by atoms with Gasteiger partial charge in [0.1, 0.15) is 9.89 Å². The number of hydrogen-bond acceptors (Lipinski definition) is 9. The number of urea groups is 1. The van der Waals surface area contributed by atoms with Crippen LogP contribution >= 0.6 is 35.3 Å². The molecule has 0 radical (unpaired) electrons. The molecule has 1 aliphatic rings. The van der Waals surface area contributed by atoms with Gasteiger partial charge in [0.2, 0.25) is 0 Å². The van der Waals surface area contributed by atoms with Crippen molar-refractivity contribution in [1.29, 1.82) is 0 Å². The average Bonchev–Trinajstić information content (AvgIpc) is 3.28. The third kappa shape index (κ3) is 7.44. The number of thiazole rings is 1. The highest BCUT2D eigenvalue weighted by Crippen LogP contribution is 2.34. The summed E-state index contributed by atoms with van der Waals surface area (Å²) in [6.07, 6.45) is 0. The number of ether oxygens (including phenoxy) is 1. The maximum absolute atomic E-state index is 12.4. The van der Waals surface area contributed by atoms with Crippen LogP contribution < -0.4 is 16.0 Å². The van der Waals surface area contributed by atoms with Crippen LogP contribution in [0.25, 0.3) is 5.57 Å². The van der Waals surface area contributed by atoms with Gasteiger partial charge in [0.25, 0.3) is 11.9 Å². The van der Waals surface area contributed by atoms with Crippen molar-refractivity contribution in [3.63, 3.8) is 0 Å². The highest BCUT2D eigenvalue weighted by atomic mass is 32.2. The molecule has 0 atom stereocenters. The summed E-state index contributed by atoms with van der Waals surface area (Å²) >= 11 is 7.06. The Bertz CT molecular complexity index is 1060. The third-order valence-corrected chi connectivity index (χ3v) is 5.33. The molecule has 32 heavy (non-hydrogen) atoms. The summed E-state index contributed by atoms with van der Waals surface area (Å²) in [4.78, 5) is 50.0. The Morgan fingerprint density at radius 1 is 1.22 bits per heavy atom. The van der Waals surface area contributed by atoms with Crippen LogP contribution in [0.4, 0.5) is 15.6 Å². The minimum absolute atomic E-state index is 0.0111. The largest absolute Gasteiger partial charge is 0.481 e. The summed E-state index contributed by atoms with van der Waals surface area (Å²) in [7, 11) is 0. The Balaban J connectivity index is 0.000000837. The van der Waals surface area contributed by atoms with E-state index in [4.69, 9.17) is 26.9 Å². The van der Waals surface area contributed by atoms with Crippen molar-refractivity contribution in [2.45, 2.75) is 13.8 Å². The molecule has 1 saturated heterocycles. The number of benzene rings is 1. The molecule has 0 spiro atoms. The van der Waals surface area contributed by atoms with Crippen LogP contribution in [0.1, 0.15) is 19.5 Å². The summed E-state index contributed by atoms with van der Waals surface area (Å²) in [5.41, 5.74) is 0.858. The zero-order valence-corrected chi connectivity index (χ0v) is 19.3. The molecule has 2 aromatic rings. The molecule has 4 N–H and O–H groups in total. The Morgan fingerprint density at radius 2 is 1.88 bits per heavy atom. The van der Waals surface area contributed by atoms with Gasteiger partial charge < -0.3 is 20.5 Å². The highest BCUT2D eigenvalue weighted by molar-refractivity contribution is 8.27. The fourth-order valence-electron chi connectivity index (χ4n) is 2.22. The smallest absolute Gasteiger partial charge is 0.341 e. The Morgan fingerprint density at radius 3 is 2.44 bits per heavy atom. The van der Waals surface area contributed by atoms with Gasteiger partial charge in [-0.15, -0.1) is 11.3 Å². The molecule has 0 unspecified atom stereocenters. The predicted octanol–water partition coefficient (Wildman–Crippen LogP) is 3.30. The zero-order chi connectivity index (χ0) is 23.7. The van der Waals surface area contributed by atoms with Crippen LogP contribution in [0.15, 0.2) is 40.6 Å². The number of aromatic nitrogens is 1. The van der Waals surface area contributed by atoms with Crippen LogP contribution in [-0.2, 0) is 19.1 Å². The summed E-state index contributed by atoms with van der Waals surface area (Å²) in [5.74, 6) is -2.00. The first kappa shape index (κ1) is 25.0. The van der Waals surface area contributed by atoms with Gasteiger partial charge in [-0.2, -0.15) is 0 Å². The molecule has 13 heteroatoms. The third-order valence-electron chi connectivity index (χ3n) is 3.34. The van der Waals surface area contributed by atoms with Crippen molar-refractivity contribution in [1.82, 2.24) is 10.3 Å². The lowest BCUT2D eigenvalue weighted by atomic mass is 10.2. The minimum atomic E-state index is -0.833. The van der Waals surface area contributed by atoms with E-state index in [9.17, 15) is 14.4 Å². The van der Waals surface area contributed by atoms with Gasteiger partial charge in [-0.1, -0.05) is 42.2 Å². The SMILES string of the molecule is CC(=O)O.CCOC(=O)/C(=C1\SC(=S)NC1=O)c1csc(NC(=O)Nc2ccccc2)n1. The van der Waals surface area contributed by atoms with Crippen molar-refractivity contribution in [2.75, 3.05) is 17.2 Å². The van der Waals surface area contributed by atoms with Crippen molar-refractivity contribution in [3.05, 3.63) is 46.3 Å². The molecule has 0 aliphatic carbocycles. The number of carboxylic acids is 1. The second-order valence-corrected chi connectivity index (χ2v) is 8.32. The van der Waals surface area contributed by atoms with Crippen molar-refractivity contribution >= 4 is 79.9 Å². The van der Waals surface area contributed by atoms with Gasteiger partial charge in [-0.3, -0.25) is 14.9 Å². The van der Waals surface area contributed by atoms with Crippen molar-refractivity contribution in [2.24, 2.45) is 0 Å². The summed E-state index contributed by atoms with van der Waals surface area (Å²) in [6.45, 7) is 2.88. The van der Waals surface area contributed by atoms with E-state index >= 15 is 0 Å². The summed E-state index contributed by atoms with van der Waals surface area (Å²) in [5, 5.41) is 17.0. The molecule has 1 aromatic carbocycles. The maximum Gasteiger partial charge on any atom is 0.341 e. The van der Waals surface area contributed by atoms with E-state index in [1.54, 1.807) is 36.6 Å². The second-order valence-electron chi connectivity index (χ2n) is 5.77. The Kier molecular flexibility index (Phi) is 9.31. The number of esters is 1. The topological polar surface area (TPSA) is 147 Å². The molecule has 1 aliphatic heterocycles. The molecular weight excluding hydrogens is 476 g/mol. The summed E-state index contributed by atoms with van der Waals surface area (Å²) in [6, 6.07) is 8.44. The lowest BCUT2D eigenvalue weighted by molar-refractivity contribution is -0.136. The average molecular weight is 495 g/mol. The van der Waals surface area contributed by atoms with Gasteiger partial charge in [0.05, 0.1) is 17.2 Å². The highest BCUT2D eigenvalue weighted by Gasteiger charge is 2.32. The van der Waals surface area contributed by atoms with Crippen LogP contribution in [0.2, 0.25) is 0 Å². The minimum Gasteiger partial charge on any atom is -0.481 e. The standard InChI is InChI=1S/C17H14N4O4S3.C2H4O2/c1-2-25-14(23)11(12-13(22)20-17(26)28-12)10-8-27-16(19-10)21-15(24)18-9-6-4-3-5-7-9;1-2(3)4/h3-8H,2H2,1H3,(H,20,22,26)(H2,18,19,21,24);1H3,(H,3,4)/b12-11-;. The fraction of sp³-hybridized carbons (Fsp3) is 0.158. The number of para-hydroxylation sites is 1. The molecule has 3 amide bonds. The quantitative estimate of drug-likeness (QED) is 0.279. The van der Waals surface area contributed by atoms with E-state index in [0.717, 1.165) is 30.0 Å². The molecule has 168 valence electrons. The number of hydrogen-bond donors (Lipinski definition) is 4. The predicted molar refractivity (Wildman–Crippen MR) is 126 cm³/mol. The van der Waals surface area contributed by atoms with E-state index in [1.807, 2.05) is 6.07 Å². The number of aliphatic carboxylic acids is 1. The van der Waals surface area contributed by atoms with Gasteiger partial charge in [0, 0.05) is 18.0 Å². The maximum atomic E-state index is 12.4. The zero-order valence-electron chi connectivity index (χ0n) is 16.8. The van der Waals surface area contributed by atoms with E-state index < -0.39 is 23.9 Å². The number of anilines is 2. The van der Waals surface area contributed by atoms with Gasteiger partial charge >= 0.3 is 12.0 Å². The number of nitrogens with zero attached hydrogens (tertiary/aromatic N) is 1. The van der Waals surface area contributed by atoms with Gasteiger partial charge in [0.15, 0.2) is 5.13 Å². The van der Waals surface area contributed by atoms with Crippen LogP contribution in [-0.4, -0.2) is 44.9 Å². The molecule has 0 saturated carbocycles. The lowest BCUT2D eigenvalue weighted by Crippen LogP contribution is -2.20. The van der Waals surface area contributed by atoms with Crippen LogP contribution in [0.5, 0.6) is 0 Å². The lowest BCUT2D eigenvalue weighted by Gasteiger charge is -2.07. The monoisotopic (exact) mass is 494 g/mol. The Labute approximate surface area is 196 Å². The molecular formula is C19H18N4O6S3. The Hall–Kier alpha value is -3.29. The molecule has 1 fully saturated rings. The number of thioether (sulfide) groups is 1. The first-order valence-corrected chi connectivity index (χ1v) is 11.0. The molecule has 0 bridgehead atoms. The number of carbonyl (C=O) groups excluding carboxylic acids is 3. The van der Waals surface area contributed by atoms with Gasteiger partial charge in [-0.25, -0.2) is 14.6 Å². The van der Waals surface area contributed by atoms with Gasteiger partial charge in [-0.05, 0) is 19.1 Å². The normalized spacial score (nSPS) is 13.9. The van der Waals surface area contributed by atoms with Crippen molar-refractivity contribution in [3.8, 4) is 0 Å². The number of carbonyl (C=O) groups is 4. The number of amides is 3. The fourth-order valence-corrected chi connectivity index (χ4v) is 4.02. The number of rotatable bonds is 5. The molecule has 1 aromatic heterocycles. The number of thiocarbonyl (C=S) groups is 1. The van der Waals surface area contributed by atoms with Crippen LogP contribution in [0, 0.1) is 0 Å². The van der Waals surface area contributed by atoms with E-state index in [-0.39, 0.29) is 32.2 Å². The molecule has 3 rings (SSSR count). The first-order chi connectivity index (χ1) is 15.2.